The van der Waals surface area contributed by atoms with E-state index < -0.39 is 0 Å². The number of hydrogen-bond donors (Lipinski definition) is 2. The highest BCUT2D eigenvalue weighted by Crippen LogP contribution is 2.02. The van der Waals surface area contributed by atoms with Crippen LogP contribution in [0.1, 0.15) is 44.9 Å². The molecule has 84 valence electrons. The van der Waals surface area contributed by atoms with Crippen LogP contribution in [0.25, 0.3) is 0 Å². The third-order valence-electron chi connectivity index (χ3n) is 2.27. The number of nitrogens with one attached hydrogen (secondary N) is 1. The van der Waals surface area contributed by atoms with Crippen LogP contribution in [0.15, 0.2) is 12.7 Å². The van der Waals surface area contributed by atoms with Crippen molar-refractivity contribution in [2.45, 2.75) is 44.9 Å². The van der Waals surface area contributed by atoms with Crippen LogP contribution in [0.3, 0.4) is 0 Å². The lowest BCUT2D eigenvalue weighted by molar-refractivity contribution is 0.283. The summed E-state index contributed by atoms with van der Waals surface area (Å²) >= 11 is 0. The Hall–Kier alpha value is -0.340. The van der Waals surface area contributed by atoms with E-state index in [0.717, 1.165) is 32.4 Å². The van der Waals surface area contributed by atoms with E-state index in [1.165, 1.54) is 25.7 Å². The summed E-state index contributed by atoms with van der Waals surface area (Å²) in [6.07, 6.45) is 10.4. The van der Waals surface area contributed by atoms with Crippen molar-refractivity contribution < 1.29 is 5.11 Å². The zero-order chi connectivity index (χ0) is 10.5. The summed E-state index contributed by atoms with van der Waals surface area (Å²) in [5.41, 5.74) is 0. The lowest BCUT2D eigenvalue weighted by atomic mass is 10.1. The number of aliphatic hydroxyl groups is 1. The van der Waals surface area contributed by atoms with E-state index in [0.29, 0.717) is 6.61 Å². The predicted molar refractivity (Wildman–Crippen MR) is 62.5 cm³/mol. The second-order valence-electron chi connectivity index (χ2n) is 3.67. The molecule has 0 aliphatic rings. The lowest BCUT2D eigenvalue weighted by Gasteiger charge is -2.03. The molecule has 0 bridgehead atoms. The highest BCUT2D eigenvalue weighted by atomic mass is 16.2. The number of unbranched alkanes of at least 4 members (excludes halogenated alkanes) is 5. The molecular weight excluding hydrogens is 174 g/mol. The molecule has 14 heavy (non-hydrogen) atoms. The van der Waals surface area contributed by atoms with E-state index in [1.807, 2.05) is 6.08 Å². The maximum atomic E-state index is 8.55. The van der Waals surface area contributed by atoms with Crippen LogP contribution in [0.4, 0.5) is 0 Å². The normalized spacial score (nSPS) is 10.4. The Labute approximate surface area is 88.4 Å². The molecule has 0 aromatic carbocycles. The summed E-state index contributed by atoms with van der Waals surface area (Å²) in [6, 6.07) is 0. The fraction of sp³-hybridized carbons (Fsp3) is 0.833. The van der Waals surface area contributed by atoms with Crippen LogP contribution < -0.4 is 5.32 Å². The predicted octanol–water partition coefficient (Wildman–Crippen LogP) is 2.49. The summed E-state index contributed by atoms with van der Waals surface area (Å²) in [5, 5.41) is 11.9. The Balaban J connectivity index is 2.81. The molecule has 2 nitrogen and oxygen atoms in total. The Morgan fingerprint density at radius 1 is 0.929 bits per heavy atom. The second-order valence-corrected chi connectivity index (χ2v) is 3.67. The van der Waals surface area contributed by atoms with Gasteiger partial charge in [-0.15, -0.1) is 6.58 Å². The van der Waals surface area contributed by atoms with E-state index in [9.17, 15) is 0 Å². The van der Waals surface area contributed by atoms with Crippen LogP contribution >= 0.6 is 0 Å². The molecule has 0 saturated heterocycles. The molecule has 0 aliphatic heterocycles. The van der Waals surface area contributed by atoms with E-state index >= 15 is 0 Å². The van der Waals surface area contributed by atoms with Gasteiger partial charge in [0.1, 0.15) is 0 Å². The van der Waals surface area contributed by atoms with Crippen molar-refractivity contribution in [3.05, 3.63) is 12.7 Å². The van der Waals surface area contributed by atoms with Gasteiger partial charge in [0.15, 0.2) is 0 Å². The summed E-state index contributed by atoms with van der Waals surface area (Å²) in [7, 11) is 0. The standard InChI is InChI=1S/C12H25NO/c1-2-3-4-5-6-7-10-13-11-8-9-12-14/h2,13-14H,1,3-12H2. The molecule has 0 aromatic rings. The van der Waals surface area contributed by atoms with Crippen molar-refractivity contribution in [2.75, 3.05) is 19.7 Å². The van der Waals surface area contributed by atoms with Gasteiger partial charge >= 0.3 is 0 Å². The summed E-state index contributed by atoms with van der Waals surface area (Å²) < 4.78 is 0. The fourth-order valence-electron chi connectivity index (χ4n) is 1.38. The van der Waals surface area contributed by atoms with Gasteiger partial charge in [-0.05, 0) is 45.2 Å². The molecule has 0 atom stereocenters. The third kappa shape index (κ3) is 11.7. The molecule has 2 heteroatoms. The average molecular weight is 199 g/mol. The largest absolute Gasteiger partial charge is 0.396 e. The number of allylic oxidation sites excluding steroid dienone is 1. The number of aliphatic hydroxyl groups excluding tert-OH is 1. The van der Waals surface area contributed by atoms with E-state index in [-0.39, 0.29) is 0 Å². The van der Waals surface area contributed by atoms with Gasteiger partial charge in [0.25, 0.3) is 0 Å². The van der Waals surface area contributed by atoms with Crippen LogP contribution in [0.2, 0.25) is 0 Å². The van der Waals surface area contributed by atoms with Crippen molar-refractivity contribution in [2.24, 2.45) is 0 Å². The Bertz CT molecular complexity index is 115. The molecule has 0 saturated carbocycles. The van der Waals surface area contributed by atoms with Gasteiger partial charge in [-0.1, -0.05) is 18.9 Å². The van der Waals surface area contributed by atoms with Crippen molar-refractivity contribution in [3.63, 3.8) is 0 Å². The minimum Gasteiger partial charge on any atom is -0.396 e. The van der Waals surface area contributed by atoms with Gasteiger partial charge in [-0.3, -0.25) is 0 Å². The van der Waals surface area contributed by atoms with E-state index in [2.05, 4.69) is 11.9 Å². The maximum absolute atomic E-state index is 8.55. The van der Waals surface area contributed by atoms with Gasteiger partial charge in [-0.25, -0.2) is 0 Å². The fourth-order valence-corrected chi connectivity index (χ4v) is 1.38. The second kappa shape index (κ2) is 12.7. The first-order valence-corrected chi connectivity index (χ1v) is 5.84. The zero-order valence-corrected chi connectivity index (χ0v) is 9.30. The minimum absolute atomic E-state index is 0.323. The molecule has 0 rings (SSSR count). The molecule has 0 radical (unpaired) electrons. The van der Waals surface area contributed by atoms with Crippen LogP contribution in [0.5, 0.6) is 0 Å². The average Bonchev–Trinajstić information content (AvgIpc) is 2.21. The van der Waals surface area contributed by atoms with Gasteiger partial charge in [0.2, 0.25) is 0 Å². The van der Waals surface area contributed by atoms with Crippen molar-refractivity contribution in [3.8, 4) is 0 Å². The topological polar surface area (TPSA) is 32.3 Å². The SMILES string of the molecule is C=CCCCCCCNCCCCO. The molecule has 2 N–H and O–H groups in total. The van der Waals surface area contributed by atoms with Crippen LogP contribution in [-0.2, 0) is 0 Å². The summed E-state index contributed by atoms with van der Waals surface area (Å²) in [4.78, 5) is 0. The number of hydrogen-bond acceptors (Lipinski definition) is 2. The molecule has 0 aromatic heterocycles. The van der Waals surface area contributed by atoms with Crippen molar-refractivity contribution >= 4 is 0 Å². The number of rotatable bonds is 11. The molecule has 0 spiro atoms. The van der Waals surface area contributed by atoms with Gasteiger partial charge < -0.3 is 10.4 Å². The highest BCUT2D eigenvalue weighted by Gasteiger charge is 1.90. The first-order chi connectivity index (χ1) is 6.91. The quantitative estimate of drug-likeness (QED) is 0.396. The minimum atomic E-state index is 0.323. The van der Waals surface area contributed by atoms with Crippen molar-refractivity contribution in [1.29, 1.82) is 0 Å². The van der Waals surface area contributed by atoms with E-state index in [1.54, 1.807) is 0 Å². The zero-order valence-electron chi connectivity index (χ0n) is 9.30. The molecular formula is C12H25NO. The smallest absolute Gasteiger partial charge is 0.0431 e. The lowest BCUT2D eigenvalue weighted by Crippen LogP contribution is -2.16. The Morgan fingerprint density at radius 2 is 1.57 bits per heavy atom. The Morgan fingerprint density at radius 3 is 2.21 bits per heavy atom. The highest BCUT2D eigenvalue weighted by molar-refractivity contribution is 4.65. The Kier molecular flexibility index (Phi) is 12.4. The molecule has 0 amide bonds. The van der Waals surface area contributed by atoms with Crippen molar-refractivity contribution in [1.82, 2.24) is 5.32 Å². The van der Waals surface area contributed by atoms with E-state index in [4.69, 9.17) is 5.11 Å². The molecule has 0 heterocycles. The first kappa shape index (κ1) is 13.7. The molecule has 0 aliphatic carbocycles. The van der Waals surface area contributed by atoms with Gasteiger partial charge in [0.05, 0.1) is 0 Å². The molecule has 0 fully saturated rings. The third-order valence-corrected chi connectivity index (χ3v) is 2.27. The molecule has 0 unspecified atom stereocenters. The van der Waals surface area contributed by atoms with Crippen LogP contribution in [0, 0.1) is 0 Å². The van der Waals surface area contributed by atoms with Gasteiger partial charge in [0, 0.05) is 6.61 Å². The monoisotopic (exact) mass is 199 g/mol. The summed E-state index contributed by atoms with van der Waals surface area (Å²) in [5.74, 6) is 0. The van der Waals surface area contributed by atoms with Crippen LogP contribution in [-0.4, -0.2) is 24.8 Å². The first-order valence-electron chi connectivity index (χ1n) is 5.84. The van der Waals surface area contributed by atoms with Gasteiger partial charge in [-0.2, -0.15) is 0 Å². The summed E-state index contributed by atoms with van der Waals surface area (Å²) in [6.45, 7) is 6.20. The maximum Gasteiger partial charge on any atom is 0.0431 e.